The summed E-state index contributed by atoms with van der Waals surface area (Å²) in [6.45, 7) is 0. The first-order valence-electron chi connectivity index (χ1n) is 16.7. The van der Waals surface area contributed by atoms with Gasteiger partial charge in [0.1, 0.15) is 17.3 Å². The zero-order valence-corrected chi connectivity index (χ0v) is 26.9. The van der Waals surface area contributed by atoms with Crippen LogP contribution in [0.25, 0.3) is 60.7 Å². The molecular weight excluding hydrogens is 615 g/mol. The Balaban J connectivity index is 1.27. The van der Waals surface area contributed by atoms with Gasteiger partial charge in [-0.25, -0.2) is 9.98 Å². The van der Waals surface area contributed by atoms with Gasteiger partial charge in [0.2, 0.25) is 0 Å². The third kappa shape index (κ3) is 4.54. The summed E-state index contributed by atoms with van der Waals surface area (Å²) >= 11 is 0. The van der Waals surface area contributed by atoms with Crippen molar-refractivity contribution in [2.24, 2.45) is 9.98 Å². The van der Waals surface area contributed by atoms with Crippen LogP contribution in [0.2, 0.25) is 0 Å². The van der Waals surface area contributed by atoms with Crippen molar-refractivity contribution in [3.63, 3.8) is 0 Å². The predicted octanol–water partition coefficient (Wildman–Crippen LogP) is 10.2. The third-order valence-corrected chi connectivity index (χ3v) is 9.48. The molecule has 1 N–H and O–H groups in total. The van der Waals surface area contributed by atoms with Gasteiger partial charge in [-0.15, -0.1) is 0 Å². The first kappa shape index (κ1) is 28.2. The molecule has 0 saturated heterocycles. The normalized spacial score (nSPS) is 13.5. The van der Waals surface area contributed by atoms with Gasteiger partial charge in [0, 0.05) is 50.1 Å². The van der Waals surface area contributed by atoms with E-state index in [1.165, 1.54) is 5.39 Å². The highest BCUT2D eigenvalue weighted by Crippen LogP contribution is 2.44. The molecule has 10 rings (SSSR count). The lowest BCUT2D eigenvalue weighted by Crippen LogP contribution is -2.36. The van der Waals surface area contributed by atoms with E-state index in [1.807, 2.05) is 66.9 Å². The van der Waals surface area contributed by atoms with E-state index in [9.17, 15) is 0 Å². The summed E-state index contributed by atoms with van der Waals surface area (Å²) in [5, 5.41) is 7.86. The molecule has 0 radical (unpaired) electrons. The molecule has 0 unspecified atom stereocenters. The highest BCUT2D eigenvalue weighted by Gasteiger charge is 2.25. The molecule has 9 aromatic rings. The second-order valence-corrected chi connectivity index (χ2v) is 12.5. The van der Waals surface area contributed by atoms with E-state index in [0.717, 1.165) is 83.7 Å². The first-order valence-corrected chi connectivity index (χ1v) is 16.7. The van der Waals surface area contributed by atoms with E-state index in [0.29, 0.717) is 0 Å². The number of aliphatic imine (C=N–C) groups is 2. The van der Waals surface area contributed by atoms with Crippen LogP contribution in [0.15, 0.2) is 178 Å². The molecule has 3 aromatic heterocycles. The van der Waals surface area contributed by atoms with Crippen LogP contribution < -0.4 is 5.32 Å². The molecule has 0 atom stereocenters. The quantitative estimate of drug-likeness (QED) is 0.203. The monoisotopic (exact) mass is 643 g/mol. The summed E-state index contributed by atoms with van der Waals surface area (Å²) in [7, 11) is 0. The molecule has 236 valence electrons. The number of hydrogen-bond donors (Lipinski definition) is 1. The summed E-state index contributed by atoms with van der Waals surface area (Å²) in [4.78, 5) is 15.2. The lowest BCUT2D eigenvalue weighted by atomic mass is 10.00. The minimum absolute atomic E-state index is 0.502. The Bertz CT molecular complexity index is 2710. The van der Waals surface area contributed by atoms with Crippen LogP contribution in [0.4, 0.5) is 0 Å². The van der Waals surface area contributed by atoms with Crippen molar-refractivity contribution in [1.82, 2.24) is 14.9 Å². The van der Waals surface area contributed by atoms with Crippen molar-refractivity contribution in [3.8, 4) is 16.9 Å². The molecule has 0 spiro atoms. The van der Waals surface area contributed by atoms with E-state index in [-0.39, 0.29) is 0 Å². The third-order valence-electron chi connectivity index (χ3n) is 9.48. The lowest BCUT2D eigenvalue weighted by molar-refractivity contribution is 0.671. The summed E-state index contributed by atoms with van der Waals surface area (Å²) < 4.78 is 9.34. The van der Waals surface area contributed by atoms with Gasteiger partial charge in [-0.2, -0.15) is 0 Å². The highest BCUT2D eigenvalue weighted by molar-refractivity contribution is 6.22. The standard InChI is InChI=1S/C44H29N5O/c1-4-14-28(15-5-1)42-46-43(29-16-6-2-7-17-29)48-44(47-42)30-26-35-34-24-23-33-32-20-10-11-22-38(32)49(31-18-8-3-9-19-31)39(33)41(34)50-40(35)36(27-30)37-21-12-13-25-45-37/h1-27,44H,(H,46,47,48). The maximum atomic E-state index is 7.02. The molecular formula is C44H29N5O. The Kier molecular flexibility index (Phi) is 6.45. The summed E-state index contributed by atoms with van der Waals surface area (Å²) in [6, 6.07) is 54.2. The number of furan rings is 1. The molecule has 6 heteroatoms. The van der Waals surface area contributed by atoms with E-state index < -0.39 is 6.17 Å². The number of hydrogen-bond acceptors (Lipinski definition) is 5. The van der Waals surface area contributed by atoms with Gasteiger partial charge >= 0.3 is 0 Å². The second-order valence-electron chi connectivity index (χ2n) is 12.5. The molecule has 1 aliphatic heterocycles. The maximum Gasteiger partial charge on any atom is 0.169 e. The molecule has 6 nitrogen and oxygen atoms in total. The Morgan fingerprint density at radius 3 is 1.88 bits per heavy atom. The van der Waals surface area contributed by atoms with Crippen molar-refractivity contribution in [2.45, 2.75) is 6.17 Å². The average Bonchev–Trinajstić information content (AvgIpc) is 3.75. The van der Waals surface area contributed by atoms with E-state index in [2.05, 4.69) is 107 Å². The average molecular weight is 644 g/mol. The largest absolute Gasteiger partial charge is 0.453 e. The van der Waals surface area contributed by atoms with Gasteiger partial charge in [-0.05, 0) is 54.1 Å². The Morgan fingerprint density at radius 1 is 0.540 bits per heavy atom. The van der Waals surface area contributed by atoms with Gasteiger partial charge in [0.25, 0.3) is 0 Å². The first-order chi connectivity index (χ1) is 24.8. The minimum Gasteiger partial charge on any atom is -0.453 e. The van der Waals surface area contributed by atoms with Crippen LogP contribution in [-0.4, -0.2) is 21.2 Å². The number of pyridine rings is 1. The van der Waals surface area contributed by atoms with Crippen molar-refractivity contribution >= 4 is 55.4 Å². The van der Waals surface area contributed by atoms with Crippen LogP contribution in [-0.2, 0) is 0 Å². The number of rotatable bonds is 5. The van der Waals surface area contributed by atoms with Crippen LogP contribution in [0.1, 0.15) is 22.9 Å². The van der Waals surface area contributed by atoms with Gasteiger partial charge in [0.15, 0.2) is 11.7 Å². The van der Waals surface area contributed by atoms with Crippen molar-refractivity contribution in [1.29, 1.82) is 0 Å². The number of nitrogens with zero attached hydrogens (tertiary/aromatic N) is 4. The maximum absolute atomic E-state index is 7.02. The van der Waals surface area contributed by atoms with Crippen molar-refractivity contribution in [2.75, 3.05) is 0 Å². The fraction of sp³-hybridized carbons (Fsp3) is 0.0227. The van der Waals surface area contributed by atoms with Gasteiger partial charge < -0.3 is 14.3 Å². The fourth-order valence-electron chi connectivity index (χ4n) is 7.20. The van der Waals surface area contributed by atoms with E-state index in [4.69, 9.17) is 19.4 Å². The number of aromatic nitrogens is 2. The fourth-order valence-corrected chi connectivity index (χ4v) is 7.20. The number of amidine groups is 2. The molecule has 50 heavy (non-hydrogen) atoms. The lowest BCUT2D eigenvalue weighted by Gasteiger charge is -2.22. The Labute approximate surface area is 287 Å². The molecule has 0 saturated carbocycles. The summed E-state index contributed by atoms with van der Waals surface area (Å²) in [5.41, 5.74) is 9.54. The van der Waals surface area contributed by atoms with Crippen LogP contribution in [0.5, 0.6) is 0 Å². The van der Waals surface area contributed by atoms with Gasteiger partial charge in [0.05, 0.1) is 16.7 Å². The SMILES string of the molecule is c1ccc(C2=NC(c3cc(-c4ccccn4)c4oc5c(ccc6c7ccccc7n(-c7ccccc7)c65)c4c3)N=C(c3ccccc3)N2)cc1. The summed E-state index contributed by atoms with van der Waals surface area (Å²) in [5.74, 6) is 1.55. The summed E-state index contributed by atoms with van der Waals surface area (Å²) in [6.07, 6.45) is 1.32. The topological polar surface area (TPSA) is 67.7 Å². The number of fused-ring (bicyclic) bond motifs is 7. The molecule has 6 aromatic carbocycles. The molecule has 0 bridgehead atoms. The number of nitrogens with one attached hydrogen (secondary N) is 1. The zero-order valence-electron chi connectivity index (χ0n) is 26.9. The van der Waals surface area contributed by atoms with E-state index >= 15 is 0 Å². The molecule has 4 heterocycles. The van der Waals surface area contributed by atoms with Crippen molar-refractivity contribution < 1.29 is 4.42 Å². The second kappa shape index (κ2) is 11.4. The van der Waals surface area contributed by atoms with Crippen molar-refractivity contribution in [3.05, 3.63) is 181 Å². The van der Waals surface area contributed by atoms with Gasteiger partial charge in [-0.3, -0.25) is 4.98 Å². The molecule has 0 amide bonds. The van der Waals surface area contributed by atoms with Crippen LogP contribution in [0, 0.1) is 0 Å². The Morgan fingerprint density at radius 2 is 1.18 bits per heavy atom. The number of benzene rings is 6. The van der Waals surface area contributed by atoms with Crippen LogP contribution in [0.3, 0.4) is 0 Å². The molecule has 1 aliphatic rings. The Hall–Kier alpha value is -6.79. The number of para-hydroxylation sites is 2. The van der Waals surface area contributed by atoms with Crippen LogP contribution >= 0.6 is 0 Å². The predicted molar refractivity (Wildman–Crippen MR) is 203 cm³/mol. The molecule has 0 aliphatic carbocycles. The highest BCUT2D eigenvalue weighted by atomic mass is 16.3. The minimum atomic E-state index is -0.502. The van der Waals surface area contributed by atoms with Gasteiger partial charge in [-0.1, -0.05) is 109 Å². The van der Waals surface area contributed by atoms with E-state index in [1.54, 1.807) is 0 Å². The molecule has 0 fully saturated rings. The zero-order chi connectivity index (χ0) is 33.0. The smallest absolute Gasteiger partial charge is 0.169 e.